The fraction of sp³-hybridized carbons (Fsp3) is 0.357. The SMILES string of the molecule is CCn1nc(Cc2ccc(F)cc2)c2c1NCC2. The molecule has 4 heteroatoms. The normalized spacial score (nSPS) is 13.4. The van der Waals surface area contributed by atoms with Crippen molar-refractivity contribution in [2.75, 3.05) is 11.9 Å². The van der Waals surface area contributed by atoms with Crippen LogP contribution in [0.15, 0.2) is 24.3 Å². The molecule has 1 aliphatic heterocycles. The van der Waals surface area contributed by atoms with Crippen LogP contribution in [0.25, 0.3) is 0 Å². The van der Waals surface area contributed by atoms with Crippen molar-refractivity contribution in [3.63, 3.8) is 0 Å². The molecular formula is C14H16FN3. The zero-order valence-corrected chi connectivity index (χ0v) is 10.4. The topological polar surface area (TPSA) is 29.9 Å². The molecule has 0 spiro atoms. The van der Waals surface area contributed by atoms with Crippen molar-refractivity contribution in [3.05, 3.63) is 46.9 Å². The van der Waals surface area contributed by atoms with Crippen molar-refractivity contribution in [1.82, 2.24) is 9.78 Å². The van der Waals surface area contributed by atoms with Gasteiger partial charge in [0.2, 0.25) is 0 Å². The first-order valence-electron chi connectivity index (χ1n) is 6.35. The summed E-state index contributed by atoms with van der Waals surface area (Å²) in [5.74, 6) is 0.972. The van der Waals surface area contributed by atoms with Crippen molar-refractivity contribution in [2.45, 2.75) is 26.3 Å². The summed E-state index contributed by atoms with van der Waals surface area (Å²) >= 11 is 0. The van der Waals surface area contributed by atoms with Crippen molar-refractivity contribution in [1.29, 1.82) is 0 Å². The number of halogens is 1. The van der Waals surface area contributed by atoms with Gasteiger partial charge >= 0.3 is 0 Å². The van der Waals surface area contributed by atoms with E-state index in [-0.39, 0.29) is 5.82 Å². The van der Waals surface area contributed by atoms with E-state index < -0.39 is 0 Å². The molecule has 0 aliphatic carbocycles. The fourth-order valence-electron chi connectivity index (χ4n) is 2.48. The summed E-state index contributed by atoms with van der Waals surface area (Å²) in [6, 6.07) is 6.67. The number of hydrogen-bond acceptors (Lipinski definition) is 2. The first-order valence-corrected chi connectivity index (χ1v) is 6.35. The summed E-state index contributed by atoms with van der Waals surface area (Å²) < 4.78 is 14.9. The van der Waals surface area contributed by atoms with Crippen LogP contribution in [0.5, 0.6) is 0 Å². The van der Waals surface area contributed by atoms with Gasteiger partial charge in [0.1, 0.15) is 11.6 Å². The Morgan fingerprint density at radius 1 is 1.33 bits per heavy atom. The lowest BCUT2D eigenvalue weighted by molar-refractivity contribution is 0.627. The highest BCUT2D eigenvalue weighted by atomic mass is 19.1. The largest absolute Gasteiger partial charge is 0.370 e. The predicted octanol–water partition coefficient (Wildman–Crippen LogP) is 2.60. The predicted molar refractivity (Wildman–Crippen MR) is 69.3 cm³/mol. The molecule has 0 saturated heterocycles. The Balaban J connectivity index is 1.91. The molecule has 0 saturated carbocycles. The number of fused-ring (bicyclic) bond motifs is 1. The molecule has 18 heavy (non-hydrogen) atoms. The van der Waals surface area contributed by atoms with Gasteiger partial charge in [-0.05, 0) is 31.0 Å². The lowest BCUT2D eigenvalue weighted by Crippen LogP contribution is -2.05. The third-order valence-electron chi connectivity index (χ3n) is 3.39. The molecule has 0 amide bonds. The lowest BCUT2D eigenvalue weighted by Gasteiger charge is -2.02. The Labute approximate surface area is 106 Å². The minimum Gasteiger partial charge on any atom is -0.370 e. The molecule has 2 heterocycles. The van der Waals surface area contributed by atoms with Crippen molar-refractivity contribution < 1.29 is 4.39 Å². The van der Waals surface area contributed by atoms with Gasteiger partial charge in [-0.3, -0.25) is 0 Å². The summed E-state index contributed by atoms with van der Waals surface area (Å²) in [5.41, 5.74) is 3.54. The maximum absolute atomic E-state index is 12.9. The second-order valence-corrected chi connectivity index (χ2v) is 4.57. The number of aryl methyl sites for hydroxylation is 1. The van der Waals surface area contributed by atoms with E-state index in [1.54, 1.807) is 0 Å². The second-order valence-electron chi connectivity index (χ2n) is 4.57. The van der Waals surface area contributed by atoms with Crippen LogP contribution in [0.2, 0.25) is 0 Å². The van der Waals surface area contributed by atoms with Gasteiger partial charge in [-0.25, -0.2) is 9.07 Å². The van der Waals surface area contributed by atoms with Crippen LogP contribution in [0.4, 0.5) is 10.2 Å². The van der Waals surface area contributed by atoms with Crippen LogP contribution in [0.1, 0.15) is 23.7 Å². The molecule has 3 nitrogen and oxygen atoms in total. The van der Waals surface area contributed by atoms with E-state index in [0.29, 0.717) is 0 Å². The smallest absolute Gasteiger partial charge is 0.127 e. The molecule has 3 rings (SSSR count). The van der Waals surface area contributed by atoms with E-state index >= 15 is 0 Å². The molecular weight excluding hydrogens is 229 g/mol. The lowest BCUT2D eigenvalue weighted by atomic mass is 10.1. The third kappa shape index (κ3) is 1.88. The molecule has 0 radical (unpaired) electrons. The van der Waals surface area contributed by atoms with Crippen LogP contribution >= 0.6 is 0 Å². The molecule has 0 fully saturated rings. The number of nitrogens with zero attached hydrogens (tertiary/aromatic N) is 2. The van der Waals surface area contributed by atoms with E-state index in [4.69, 9.17) is 0 Å². The minimum atomic E-state index is -0.190. The average molecular weight is 245 g/mol. The third-order valence-corrected chi connectivity index (χ3v) is 3.39. The summed E-state index contributed by atoms with van der Waals surface area (Å²) in [4.78, 5) is 0. The number of anilines is 1. The van der Waals surface area contributed by atoms with Gasteiger partial charge in [0.05, 0.1) is 5.69 Å². The van der Waals surface area contributed by atoms with Crippen molar-refractivity contribution in [2.24, 2.45) is 0 Å². The summed E-state index contributed by atoms with van der Waals surface area (Å²) in [6.07, 6.45) is 1.81. The maximum Gasteiger partial charge on any atom is 0.127 e. The number of hydrogen-bond donors (Lipinski definition) is 1. The van der Waals surface area contributed by atoms with E-state index in [1.807, 2.05) is 16.8 Å². The Morgan fingerprint density at radius 3 is 2.83 bits per heavy atom. The Kier molecular flexibility index (Phi) is 2.78. The summed E-state index contributed by atoms with van der Waals surface area (Å²) in [5, 5.41) is 8.00. The molecule has 0 unspecified atom stereocenters. The molecule has 94 valence electrons. The Hall–Kier alpha value is -1.84. The highest BCUT2D eigenvalue weighted by Gasteiger charge is 2.21. The van der Waals surface area contributed by atoms with Crippen molar-refractivity contribution >= 4 is 5.82 Å². The van der Waals surface area contributed by atoms with Gasteiger partial charge in [0, 0.05) is 25.1 Å². The zero-order chi connectivity index (χ0) is 12.5. The van der Waals surface area contributed by atoms with Gasteiger partial charge in [-0.1, -0.05) is 12.1 Å². The highest BCUT2D eigenvalue weighted by molar-refractivity contribution is 5.53. The van der Waals surface area contributed by atoms with Gasteiger partial charge in [-0.15, -0.1) is 0 Å². The first-order chi connectivity index (χ1) is 8.78. The maximum atomic E-state index is 12.9. The molecule has 1 N–H and O–H groups in total. The van der Waals surface area contributed by atoms with E-state index in [9.17, 15) is 4.39 Å². The average Bonchev–Trinajstić information content (AvgIpc) is 2.95. The molecule has 1 aromatic carbocycles. The van der Waals surface area contributed by atoms with Gasteiger partial charge in [-0.2, -0.15) is 5.10 Å². The molecule has 0 atom stereocenters. The first kappa shape index (κ1) is 11.3. The molecule has 1 aromatic heterocycles. The number of nitrogens with one attached hydrogen (secondary N) is 1. The van der Waals surface area contributed by atoms with Gasteiger partial charge < -0.3 is 5.32 Å². The zero-order valence-electron chi connectivity index (χ0n) is 10.4. The summed E-state index contributed by atoms with van der Waals surface area (Å²) in [7, 11) is 0. The van der Waals surface area contributed by atoms with E-state index in [2.05, 4.69) is 17.3 Å². The molecule has 1 aliphatic rings. The van der Waals surface area contributed by atoms with Crippen LogP contribution in [0.3, 0.4) is 0 Å². The number of benzene rings is 1. The van der Waals surface area contributed by atoms with Gasteiger partial charge in [0.15, 0.2) is 0 Å². The second kappa shape index (κ2) is 4.44. The monoisotopic (exact) mass is 245 g/mol. The Bertz CT molecular complexity index is 557. The van der Waals surface area contributed by atoms with E-state index in [0.717, 1.165) is 43.0 Å². The molecule has 0 bridgehead atoms. The molecule has 2 aromatic rings. The Morgan fingerprint density at radius 2 is 2.11 bits per heavy atom. The number of rotatable bonds is 3. The van der Waals surface area contributed by atoms with Gasteiger partial charge in [0.25, 0.3) is 0 Å². The van der Waals surface area contributed by atoms with Crippen LogP contribution in [-0.4, -0.2) is 16.3 Å². The fourth-order valence-corrected chi connectivity index (χ4v) is 2.48. The van der Waals surface area contributed by atoms with Crippen LogP contribution < -0.4 is 5.32 Å². The quantitative estimate of drug-likeness (QED) is 0.900. The van der Waals surface area contributed by atoms with Crippen LogP contribution in [0, 0.1) is 5.82 Å². The standard InChI is InChI=1S/C14H16FN3/c1-2-18-14-12(7-8-16-14)13(17-18)9-10-3-5-11(15)6-4-10/h3-6,16H,2,7-9H2,1H3. The van der Waals surface area contributed by atoms with E-state index in [1.165, 1.54) is 17.7 Å². The minimum absolute atomic E-state index is 0.190. The van der Waals surface area contributed by atoms with Crippen molar-refractivity contribution in [3.8, 4) is 0 Å². The van der Waals surface area contributed by atoms with Crippen LogP contribution in [-0.2, 0) is 19.4 Å². The highest BCUT2D eigenvalue weighted by Crippen LogP contribution is 2.27. The number of aromatic nitrogens is 2. The summed E-state index contributed by atoms with van der Waals surface area (Å²) in [6.45, 7) is 3.96.